The molecule has 4 aromatic heterocycles. The maximum Gasteiger partial charge on any atom is 0.273 e. The number of rotatable bonds is 5. The third-order valence-corrected chi connectivity index (χ3v) is 5.88. The molecule has 0 unspecified atom stereocenters. The van der Waals surface area contributed by atoms with Gasteiger partial charge in [-0.1, -0.05) is 6.07 Å². The summed E-state index contributed by atoms with van der Waals surface area (Å²) in [6, 6.07) is 5.68. The van der Waals surface area contributed by atoms with Crippen LogP contribution in [0.15, 0.2) is 29.8 Å². The third kappa shape index (κ3) is 3.59. The normalized spacial score (nSPS) is 11.1. The van der Waals surface area contributed by atoms with Crippen molar-refractivity contribution in [2.45, 2.75) is 20.4 Å². The Morgan fingerprint density at radius 3 is 2.71 bits per heavy atom. The Hall–Kier alpha value is -3.53. The molecule has 0 saturated heterocycles. The minimum Gasteiger partial charge on any atom is -0.343 e. The van der Waals surface area contributed by atoms with E-state index >= 15 is 0 Å². The molecule has 2 amide bonds. The van der Waals surface area contributed by atoms with Crippen molar-refractivity contribution < 1.29 is 9.59 Å². The van der Waals surface area contributed by atoms with Crippen molar-refractivity contribution >= 4 is 39.9 Å². The number of amides is 2. The fourth-order valence-electron chi connectivity index (χ4n) is 3.52. The first-order valence-corrected chi connectivity index (χ1v) is 10.7. The maximum atomic E-state index is 13.4. The Morgan fingerprint density at radius 2 is 2.06 bits per heavy atom. The summed E-state index contributed by atoms with van der Waals surface area (Å²) in [5.74, 6) is -0.573. The number of aromatic nitrogens is 5. The zero-order valence-corrected chi connectivity index (χ0v) is 18.8. The van der Waals surface area contributed by atoms with E-state index in [1.165, 1.54) is 11.1 Å². The van der Waals surface area contributed by atoms with Crippen LogP contribution in [0, 0.1) is 6.92 Å². The molecule has 0 fully saturated rings. The van der Waals surface area contributed by atoms with E-state index in [2.05, 4.69) is 15.5 Å². The minimum atomic E-state index is -0.343. The third-order valence-electron chi connectivity index (χ3n) is 4.98. The molecule has 4 rings (SSSR count). The second-order valence-electron chi connectivity index (χ2n) is 7.32. The monoisotopic (exact) mass is 437 g/mol. The van der Waals surface area contributed by atoms with Gasteiger partial charge in [0.2, 0.25) is 0 Å². The Bertz CT molecular complexity index is 1290. The molecule has 0 aliphatic heterocycles. The van der Waals surface area contributed by atoms with Gasteiger partial charge < -0.3 is 10.2 Å². The SMILES string of the molecule is CCn1ncc(NC(=O)c2cc(-c3cccs3)nc3c2c(C)nn3C)c1C(=O)N(C)C. The minimum absolute atomic E-state index is 0.230. The Balaban J connectivity index is 1.82. The average Bonchev–Trinajstić information content (AvgIpc) is 3.47. The van der Waals surface area contributed by atoms with E-state index in [-0.39, 0.29) is 11.8 Å². The maximum absolute atomic E-state index is 13.4. The lowest BCUT2D eigenvalue weighted by Crippen LogP contribution is -2.26. The summed E-state index contributed by atoms with van der Waals surface area (Å²) in [6.07, 6.45) is 1.51. The summed E-state index contributed by atoms with van der Waals surface area (Å²) >= 11 is 1.55. The highest BCUT2D eigenvalue weighted by Gasteiger charge is 2.24. The summed E-state index contributed by atoms with van der Waals surface area (Å²) in [5, 5.41) is 14.2. The second kappa shape index (κ2) is 7.95. The molecular weight excluding hydrogens is 414 g/mol. The molecule has 0 atom stereocenters. The van der Waals surface area contributed by atoms with Gasteiger partial charge in [0, 0.05) is 27.7 Å². The van der Waals surface area contributed by atoms with E-state index in [0.717, 1.165) is 4.88 Å². The highest BCUT2D eigenvalue weighted by atomic mass is 32.1. The van der Waals surface area contributed by atoms with E-state index < -0.39 is 0 Å². The van der Waals surface area contributed by atoms with E-state index in [1.807, 2.05) is 31.4 Å². The largest absolute Gasteiger partial charge is 0.343 e. The number of carbonyl (C=O) groups excluding carboxylic acids is 2. The van der Waals surface area contributed by atoms with Crippen LogP contribution in [-0.2, 0) is 13.6 Å². The summed E-state index contributed by atoms with van der Waals surface area (Å²) in [6.45, 7) is 4.25. The van der Waals surface area contributed by atoms with Crippen molar-refractivity contribution in [2.24, 2.45) is 7.05 Å². The standard InChI is InChI=1S/C21H23N7O2S/c1-6-28-18(21(30)26(3)4)15(11-22-28)24-20(29)13-10-14(16-8-7-9-31-16)23-19-17(13)12(2)25-27(19)5/h7-11H,6H2,1-5H3,(H,24,29). The van der Waals surface area contributed by atoms with Crippen LogP contribution < -0.4 is 5.32 Å². The molecule has 1 N–H and O–H groups in total. The predicted octanol–water partition coefficient (Wildman–Crippen LogP) is 3.18. The van der Waals surface area contributed by atoms with E-state index in [4.69, 9.17) is 4.98 Å². The Kier molecular flexibility index (Phi) is 5.32. The van der Waals surface area contributed by atoms with Crippen molar-refractivity contribution in [3.8, 4) is 10.6 Å². The molecule has 4 aromatic rings. The molecule has 0 aliphatic carbocycles. The number of thiophene rings is 1. The zero-order valence-electron chi connectivity index (χ0n) is 18.0. The fraction of sp³-hybridized carbons (Fsp3) is 0.286. The van der Waals surface area contributed by atoms with Crippen molar-refractivity contribution in [3.63, 3.8) is 0 Å². The first-order chi connectivity index (χ1) is 14.8. The molecule has 0 radical (unpaired) electrons. The van der Waals surface area contributed by atoms with Gasteiger partial charge in [0.25, 0.3) is 11.8 Å². The summed E-state index contributed by atoms with van der Waals surface area (Å²) < 4.78 is 3.25. The second-order valence-corrected chi connectivity index (χ2v) is 8.26. The smallest absolute Gasteiger partial charge is 0.273 e. The van der Waals surface area contributed by atoms with Crippen LogP contribution in [0.2, 0.25) is 0 Å². The van der Waals surface area contributed by atoms with Crippen molar-refractivity contribution in [2.75, 3.05) is 19.4 Å². The predicted molar refractivity (Wildman–Crippen MR) is 120 cm³/mol. The molecule has 0 saturated carbocycles. The van der Waals surface area contributed by atoms with Crippen LogP contribution in [0.25, 0.3) is 21.6 Å². The van der Waals surface area contributed by atoms with Gasteiger partial charge in [0.1, 0.15) is 5.69 Å². The number of hydrogen-bond donors (Lipinski definition) is 1. The molecule has 0 bridgehead atoms. The lowest BCUT2D eigenvalue weighted by atomic mass is 10.1. The van der Waals surface area contributed by atoms with Crippen LogP contribution in [0.3, 0.4) is 0 Å². The van der Waals surface area contributed by atoms with Gasteiger partial charge in [-0.25, -0.2) is 4.98 Å². The molecule has 0 aliphatic rings. The highest BCUT2D eigenvalue weighted by Crippen LogP contribution is 2.30. The lowest BCUT2D eigenvalue weighted by Gasteiger charge is -2.14. The zero-order chi connectivity index (χ0) is 22.3. The first-order valence-electron chi connectivity index (χ1n) is 9.78. The molecule has 9 nitrogen and oxygen atoms in total. The fourth-order valence-corrected chi connectivity index (χ4v) is 4.20. The van der Waals surface area contributed by atoms with E-state index in [9.17, 15) is 9.59 Å². The van der Waals surface area contributed by atoms with Gasteiger partial charge in [0.15, 0.2) is 5.65 Å². The molecular formula is C21H23N7O2S. The molecule has 4 heterocycles. The van der Waals surface area contributed by atoms with Crippen LogP contribution in [0.5, 0.6) is 0 Å². The number of aryl methyl sites for hydroxylation is 3. The van der Waals surface area contributed by atoms with Crippen LogP contribution in [0.4, 0.5) is 5.69 Å². The van der Waals surface area contributed by atoms with E-state index in [0.29, 0.717) is 45.9 Å². The van der Waals surface area contributed by atoms with E-state index in [1.54, 1.807) is 47.9 Å². The number of nitrogens with one attached hydrogen (secondary N) is 1. The molecule has 0 spiro atoms. The number of fused-ring (bicyclic) bond motifs is 1. The Morgan fingerprint density at radius 1 is 1.29 bits per heavy atom. The number of nitrogens with zero attached hydrogens (tertiary/aromatic N) is 6. The molecule has 10 heteroatoms. The highest BCUT2D eigenvalue weighted by molar-refractivity contribution is 7.13. The van der Waals surface area contributed by atoms with Crippen molar-refractivity contribution in [3.05, 3.63) is 46.7 Å². The number of carbonyl (C=O) groups is 2. The van der Waals surface area contributed by atoms with Gasteiger partial charge in [0.05, 0.1) is 39.1 Å². The topological polar surface area (TPSA) is 97.9 Å². The summed E-state index contributed by atoms with van der Waals surface area (Å²) in [5.41, 5.74) is 3.20. The van der Waals surface area contributed by atoms with Crippen molar-refractivity contribution in [1.82, 2.24) is 29.4 Å². The van der Waals surface area contributed by atoms with Crippen LogP contribution in [0.1, 0.15) is 33.5 Å². The number of anilines is 1. The van der Waals surface area contributed by atoms with Crippen LogP contribution >= 0.6 is 11.3 Å². The van der Waals surface area contributed by atoms with Gasteiger partial charge in [-0.15, -0.1) is 11.3 Å². The summed E-state index contributed by atoms with van der Waals surface area (Å²) in [7, 11) is 5.14. The Labute approximate surface area is 183 Å². The number of hydrogen-bond acceptors (Lipinski definition) is 6. The average molecular weight is 438 g/mol. The molecule has 31 heavy (non-hydrogen) atoms. The number of pyridine rings is 1. The van der Waals surface area contributed by atoms with Gasteiger partial charge in [-0.3, -0.25) is 19.0 Å². The van der Waals surface area contributed by atoms with Gasteiger partial charge >= 0.3 is 0 Å². The first kappa shape index (κ1) is 20.7. The van der Waals surface area contributed by atoms with Crippen molar-refractivity contribution in [1.29, 1.82) is 0 Å². The van der Waals surface area contributed by atoms with Crippen LogP contribution in [-0.4, -0.2) is 55.4 Å². The van der Waals surface area contributed by atoms with Gasteiger partial charge in [-0.2, -0.15) is 10.2 Å². The summed E-state index contributed by atoms with van der Waals surface area (Å²) in [4.78, 5) is 33.3. The molecule has 0 aromatic carbocycles. The quantitative estimate of drug-likeness (QED) is 0.517. The molecule has 160 valence electrons. The lowest BCUT2D eigenvalue weighted by molar-refractivity contribution is 0.0816. The van der Waals surface area contributed by atoms with Gasteiger partial charge in [-0.05, 0) is 31.4 Å².